The lowest BCUT2D eigenvalue weighted by Gasteiger charge is -2.20. The predicted octanol–water partition coefficient (Wildman–Crippen LogP) is 5.10. The van der Waals surface area contributed by atoms with Crippen LogP contribution in [0.1, 0.15) is 80.1 Å². The molecule has 0 amide bonds. The molecule has 30 heavy (non-hydrogen) atoms. The third kappa shape index (κ3) is 17.5. The van der Waals surface area contributed by atoms with Crippen molar-refractivity contribution in [3.63, 3.8) is 0 Å². The average Bonchev–Trinajstić information content (AvgIpc) is 2.65. The van der Waals surface area contributed by atoms with Crippen LogP contribution in [-0.2, 0) is 28.5 Å². The molecule has 6 heteroatoms. The van der Waals surface area contributed by atoms with E-state index in [0.29, 0.717) is 26.4 Å². The van der Waals surface area contributed by atoms with Gasteiger partial charge >= 0.3 is 11.9 Å². The SMILES string of the molecule is CCCCOCCOC(=O)C[C@@H](/C=C(\C)CC(C)(C)C)C(=O)OCCOCCCC. The second-order valence-electron chi connectivity index (χ2n) is 8.88. The van der Waals surface area contributed by atoms with Crippen LogP contribution in [0.2, 0.25) is 0 Å². The maximum absolute atomic E-state index is 12.6. The molecule has 0 bridgehead atoms. The molecule has 0 aliphatic carbocycles. The number of unbranched alkanes of at least 4 members (excludes halogenated alkanes) is 2. The van der Waals surface area contributed by atoms with Crippen LogP contribution in [0.5, 0.6) is 0 Å². The van der Waals surface area contributed by atoms with Crippen molar-refractivity contribution in [2.75, 3.05) is 39.6 Å². The van der Waals surface area contributed by atoms with E-state index in [1.165, 1.54) is 0 Å². The molecule has 0 N–H and O–H groups in total. The smallest absolute Gasteiger partial charge is 0.313 e. The summed E-state index contributed by atoms with van der Waals surface area (Å²) in [6, 6.07) is 0. The van der Waals surface area contributed by atoms with Gasteiger partial charge in [0, 0.05) is 13.2 Å². The topological polar surface area (TPSA) is 71.1 Å². The number of carbonyl (C=O) groups is 2. The normalized spacial score (nSPS) is 13.2. The van der Waals surface area contributed by atoms with Crippen LogP contribution in [0, 0.1) is 11.3 Å². The largest absolute Gasteiger partial charge is 0.463 e. The summed E-state index contributed by atoms with van der Waals surface area (Å²) in [6.45, 7) is 15.0. The highest BCUT2D eigenvalue weighted by atomic mass is 16.6. The molecular formula is C24H44O6. The zero-order chi connectivity index (χ0) is 22.8. The zero-order valence-electron chi connectivity index (χ0n) is 20.1. The summed E-state index contributed by atoms with van der Waals surface area (Å²) in [6.07, 6.45) is 6.73. The molecule has 0 saturated carbocycles. The van der Waals surface area contributed by atoms with Gasteiger partial charge in [0.15, 0.2) is 0 Å². The first-order chi connectivity index (χ1) is 14.2. The van der Waals surface area contributed by atoms with Gasteiger partial charge < -0.3 is 18.9 Å². The molecule has 0 heterocycles. The van der Waals surface area contributed by atoms with Gasteiger partial charge in [0.25, 0.3) is 0 Å². The van der Waals surface area contributed by atoms with Crippen molar-refractivity contribution < 1.29 is 28.5 Å². The summed E-state index contributed by atoms with van der Waals surface area (Å²) in [7, 11) is 0. The number of carbonyl (C=O) groups excluding carboxylic acids is 2. The van der Waals surface area contributed by atoms with Crippen molar-refractivity contribution in [1.29, 1.82) is 0 Å². The monoisotopic (exact) mass is 428 g/mol. The Morgan fingerprint density at radius 3 is 1.87 bits per heavy atom. The Balaban J connectivity index is 4.65. The van der Waals surface area contributed by atoms with E-state index in [4.69, 9.17) is 18.9 Å². The van der Waals surface area contributed by atoms with Gasteiger partial charge in [-0.3, -0.25) is 9.59 Å². The van der Waals surface area contributed by atoms with E-state index in [1.54, 1.807) is 0 Å². The first-order valence-electron chi connectivity index (χ1n) is 11.3. The fourth-order valence-corrected chi connectivity index (χ4v) is 2.91. The van der Waals surface area contributed by atoms with Crippen LogP contribution < -0.4 is 0 Å². The van der Waals surface area contributed by atoms with Crippen LogP contribution >= 0.6 is 0 Å². The lowest BCUT2D eigenvalue weighted by atomic mass is 9.87. The molecule has 0 fully saturated rings. The van der Waals surface area contributed by atoms with Crippen molar-refractivity contribution >= 4 is 11.9 Å². The highest BCUT2D eigenvalue weighted by Gasteiger charge is 2.23. The van der Waals surface area contributed by atoms with Gasteiger partial charge in [0.1, 0.15) is 13.2 Å². The van der Waals surface area contributed by atoms with Crippen LogP contribution in [0.3, 0.4) is 0 Å². The van der Waals surface area contributed by atoms with Gasteiger partial charge in [0.05, 0.1) is 25.6 Å². The minimum absolute atomic E-state index is 0.0357. The van der Waals surface area contributed by atoms with E-state index in [1.807, 2.05) is 13.0 Å². The Morgan fingerprint density at radius 1 is 0.833 bits per heavy atom. The van der Waals surface area contributed by atoms with Crippen molar-refractivity contribution in [3.8, 4) is 0 Å². The molecule has 0 spiro atoms. The summed E-state index contributed by atoms with van der Waals surface area (Å²) in [4.78, 5) is 24.8. The quantitative estimate of drug-likeness (QED) is 0.182. The number of allylic oxidation sites excluding steroid dienone is 1. The first-order valence-corrected chi connectivity index (χ1v) is 11.3. The van der Waals surface area contributed by atoms with Crippen molar-refractivity contribution in [1.82, 2.24) is 0 Å². The van der Waals surface area contributed by atoms with E-state index in [0.717, 1.165) is 37.7 Å². The highest BCUT2D eigenvalue weighted by Crippen LogP contribution is 2.25. The maximum atomic E-state index is 12.6. The summed E-state index contributed by atoms with van der Waals surface area (Å²) >= 11 is 0. The lowest BCUT2D eigenvalue weighted by Crippen LogP contribution is -2.23. The van der Waals surface area contributed by atoms with Gasteiger partial charge in [-0.05, 0) is 31.6 Å². The Morgan fingerprint density at radius 2 is 1.37 bits per heavy atom. The number of rotatable bonds is 17. The summed E-state index contributed by atoms with van der Waals surface area (Å²) in [5.74, 6) is -1.50. The summed E-state index contributed by atoms with van der Waals surface area (Å²) in [5.41, 5.74) is 1.15. The Hall–Kier alpha value is -1.40. The molecule has 0 aromatic rings. The molecule has 0 aromatic heterocycles. The molecular weight excluding hydrogens is 384 g/mol. The Labute approximate surface area is 183 Å². The van der Waals surface area contributed by atoms with Crippen molar-refractivity contribution in [3.05, 3.63) is 11.6 Å². The van der Waals surface area contributed by atoms with E-state index in [-0.39, 0.29) is 25.0 Å². The fourth-order valence-electron chi connectivity index (χ4n) is 2.91. The number of esters is 2. The molecule has 0 aliphatic rings. The molecule has 0 radical (unpaired) electrons. The average molecular weight is 429 g/mol. The van der Waals surface area contributed by atoms with Gasteiger partial charge in [-0.25, -0.2) is 0 Å². The molecule has 0 saturated heterocycles. The van der Waals surface area contributed by atoms with Gasteiger partial charge in [-0.2, -0.15) is 0 Å². The Kier molecular flexibility index (Phi) is 16.5. The Bertz CT molecular complexity index is 492. The molecule has 0 aromatic carbocycles. The fraction of sp³-hybridized carbons (Fsp3) is 0.833. The zero-order valence-corrected chi connectivity index (χ0v) is 20.1. The van der Waals surface area contributed by atoms with E-state index in [9.17, 15) is 9.59 Å². The second-order valence-corrected chi connectivity index (χ2v) is 8.88. The van der Waals surface area contributed by atoms with Crippen LogP contribution in [0.25, 0.3) is 0 Å². The molecule has 6 nitrogen and oxygen atoms in total. The number of ether oxygens (including phenoxy) is 4. The minimum atomic E-state index is -0.656. The van der Waals surface area contributed by atoms with Crippen molar-refractivity contribution in [2.24, 2.45) is 11.3 Å². The molecule has 176 valence electrons. The molecule has 0 rings (SSSR count). The first kappa shape index (κ1) is 28.6. The highest BCUT2D eigenvalue weighted by molar-refractivity contribution is 5.81. The van der Waals surface area contributed by atoms with Crippen LogP contribution in [0.4, 0.5) is 0 Å². The molecule has 0 unspecified atom stereocenters. The predicted molar refractivity (Wildman–Crippen MR) is 119 cm³/mol. The minimum Gasteiger partial charge on any atom is -0.463 e. The second kappa shape index (κ2) is 17.3. The molecule has 1 atom stereocenters. The van der Waals surface area contributed by atoms with Crippen molar-refractivity contribution in [2.45, 2.75) is 80.1 Å². The summed E-state index contributed by atoms with van der Waals surface area (Å²) in [5, 5.41) is 0. The van der Waals surface area contributed by atoms with E-state index >= 15 is 0 Å². The van der Waals surface area contributed by atoms with E-state index < -0.39 is 17.9 Å². The number of hydrogen-bond donors (Lipinski definition) is 0. The van der Waals surface area contributed by atoms with Crippen LogP contribution in [-0.4, -0.2) is 51.6 Å². The van der Waals surface area contributed by atoms with Crippen LogP contribution in [0.15, 0.2) is 11.6 Å². The molecule has 0 aliphatic heterocycles. The number of hydrogen-bond acceptors (Lipinski definition) is 6. The van der Waals surface area contributed by atoms with E-state index in [2.05, 4.69) is 34.6 Å². The third-order valence-corrected chi connectivity index (χ3v) is 4.23. The lowest BCUT2D eigenvalue weighted by molar-refractivity contribution is -0.155. The van der Waals surface area contributed by atoms with Gasteiger partial charge in [0.2, 0.25) is 0 Å². The maximum Gasteiger partial charge on any atom is 0.313 e. The van der Waals surface area contributed by atoms with Gasteiger partial charge in [-0.15, -0.1) is 0 Å². The standard InChI is InChI=1S/C24H44O6/c1-7-9-11-27-13-15-29-22(25)18-21(17-20(3)19-24(4,5)6)23(26)30-16-14-28-12-10-8-2/h17,21H,7-16,18-19H2,1-6H3/b20-17+/t21-/m1/s1. The summed E-state index contributed by atoms with van der Waals surface area (Å²) < 4.78 is 21.4. The third-order valence-electron chi connectivity index (χ3n) is 4.23. The van der Waals surface area contributed by atoms with Gasteiger partial charge in [-0.1, -0.05) is 59.1 Å².